The van der Waals surface area contributed by atoms with Crippen LogP contribution in [-0.4, -0.2) is 46.8 Å². The van der Waals surface area contributed by atoms with E-state index in [0.717, 1.165) is 37.2 Å². The lowest BCUT2D eigenvalue weighted by Crippen LogP contribution is -2.37. The van der Waals surface area contributed by atoms with Crippen LogP contribution < -0.4 is 10.1 Å². The van der Waals surface area contributed by atoms with E-state index in [0.29, 0.717) is 23.6 Å². The van der Waals surface area contributed by atoms with Gasteiger partial charge in [0.05, 0.1) is 19.2 Å². The van der Waals surface area contributed by atoms with E-state index in [4.69, 9.17) is 9.84 Å². The van der Waals surface area contributed by atoms with Crippen LogP contribution >= 0.6 is 0 Å². The first kappa shape index (κ1) is 22.9. The fourth-order valence-corrected chi connectivity index (χ4v) is 4.68. The highest BCUT2D eigenvalue weighted by Gasteiger charge is 2.27. The van der Waals surface area contributed by atoms with Crippen molar-refractivity contribution >= 4 is 5.91 Å². The zero-order chi connectivity index (χ0) is 24.0. The summed E-state index contributed by atoms with van der Waals surface area (Å²) in [6, 6.07) is 28.4. The maximum atomic E-state index is 13.5. The number of para-hydroxylation sites is 1. The number of rotatable bonds is 8. The first-order chi connectivity index (χ1) is 17.2. The summed E-state index contributed by atoms with van der Waals surface area (Å²) in [5.74, 6) is 0.596. The number of carbonyl (C=O) groups is 1. The maximum Gasteiger partial charge on any atom is 0.255 e. The standard InChI is InChI=1S/C29H30N4O2/c1-35-27-15-9-8-14-25(27)28-26(21-33(31-28)19-23-12-6-3-7-13-23)29(34)30-24-16-17-32(20-24)18-22-10-4-2-5-11-22/h2-15,21,24H,16-20H2,1H3,(H,30,34)/t24-/m0/s1. The van der Waals surface area contributed by atoms with E-state index in [1.165, 1.54) is 5.56 Å². The van der Waals surface area contributed by atoms with Crippen molar-refractivity contribution in [3.63, 3.8) is 0 Å². The summed E-state index contributed by atoms with van der Waals surface area (Å²) >= 11 is 0. The monoisotopic (exact) mass is 466 g/mol. The summed E-state index contributed by atoms with van der Waals surface area (Å²) in [5.41, 5.74) is 4.42. The SMILES string of the molecule is COc1ccccc1-c1nn(Cc2ccccc2)cc1C(=O)N[C@H]1CCN(Cc2ccccc2)C1. The summed E-state index contributed by atoms with van der Waals surface area (Å²) in [6.45, 7) is 3.29. The summed E-state index contributed by atoms with van der Waals surface area (Å²) in [4.78, 5) is 15.9. The third kappa shape index (κ3) is 5.44. The zero-order valence-corrected chi connectivity index (χ0v) is 19.9. The van der Waals surface area contributed by atoms with Gasteiger partial charge in [-0.2, -0.15) is 5.10 Å². The molecule has 0 unspecified atom stereocenters. The Morgan fingerprint density at radius 2 is 1.60 bits per heavy atom. The fourth-order valence-electron chi connectivity index (χ4n) is 4.68. The van der Waals surface area contributed by atoms with Gasteiger partial charge in [-0.25, -0.2) is 0 Å². The van der Waals surface area contributed by atoms with Gasteiger partial charge in [-0.1, -0.05) is 72.8 Å². The lowest BCUT2D eigenvalue weighted by molar-refractivity contribution is 0.0938. The molecule has 1 N–H and O–H groups in total. The molecule has 1 fully saturated rings. The first-order valence-corrected chi connectivity index (χ1v) is 12.0. The minimum Gasteiger partial charge on any atom is -0.496 e. The number of carbonyl (C=O) groups excluding carboxylic acids is 1. The van der Waals surface area contributed by atoms with Crippen LogP contribution in [0.25, 0.3) is 11.3 Å². The second-order valence-corrected chi connectivity index (χ2v) is 8.95. The molecule has 0 aliphatic carbocycles. The van der Waals surface area contributed by atoms with E-state index in [1.807, 2.05) is 59.4 Å². The largest absolute Gasteiger partial charge is 0.496 e. The Morgan fingerprint density at radius 1 is 0.943 bits per heavy atom. The lowest BCUT2D eigenvalue weighted by atomic mass is 10.1. The quantitative estimate of drug-likeness (QED) is 0.412. The molecule has 1 aromatic heterocycles. The van der Waals surface area contributed by atoms with Gasteiger partial charge in [0.1, 0.15) is 11.4 Å². The third-order valence-electron chi connectivity index (χ3n) is 6.41. The minimum absolute atomic E-state index is 0.100. The number of aromatic nitrogens is 2. The van der Waals surface area contributed by atoms with Crippen molar-refractivity contribution in [3.05, 3.63) is 108 Å². The van der Waals surface area contributed by atoms with Crippen molar-refractivity contribution in [1.29, 1.82) is 0 Å². The molecule has 2 heterocycles. The van der Waals surface area contributed by atoms with E-state index in [1.54, 1.807) is 7.11 Å². The molecule has 35 heavy (non-hydrogen) atoms. The minimum atomic E-state index is -0.100. The molecule has 0 bridgehead atoms. The van der Waals surface area contributed by atoms with Crippen LogP contribution in [0.3, 0.4) is 0 Å². The summed E-state index contributed by atoms with van der Waals surface area (Å²) < 4.78 is 7.41. The van der Waals surface area contributed by atoms with E-state index >= 15 is 0 Å². The number of benzene rings is 3. The topological polar surface area (TPSA) is 59.4 Å². The second kappa shape index (κ2) is 10.6. The normalized spacial score (nSPS) is 15.7. The van der Waals surface area contributed by atoms with Crippen LogP contribution in [0.4, 0.5) is 0 Å². The highest BCUT2D eigenvalue weighted by Crippen LogP contribution is 2.31. The molecule has 1 amide bonds. The van der Waals surface area contributed by atoms with Gasteiger partial charge in [0.25, 0.3) is 5.91 Å². The average molecular weight is 467 g/mol. The Morgan fingerprint density at radius 3 is 2.31 bits per heavy atom. The molecule has 0 spiro atoms. The molecule has 178 valence electrons. The number of methoxy groups -OCH3 is 1. The molecule has 1 aliphatic heterocycles. The fraction of sp³-hybridized carbons (Fsp3) is 0.241. The number of ether oxygens (including phenoxy) is 1. The average Bonchev–Trinajstić information content (AvgIpc) is 3.52. The molecule has 0 saturated carbocycles. The van der Waals surface area contributed by atoms with Crippen LogP contribution in [0.1, 0.15) is 27.9 Å². The summed E-state index contributed by atoms with van der Waals surface area (Å²) in [6.07, 6.45) is 2.78. The molecule has 3 aromatic carbocycles. The zero-order valence-electron chi connectivity index (χ0n) is 19.9. The molecule has 6 nitrogen and oxygen atoms in total. The highest BCUT2D eigenvalue weighted by atomic mass is 16.5. The van der Waals surface area contributed by atoms with Crippen molar-refractivity contribution in [3.8, 4) is 17.0 Å². The van der Waals surface area contributed by atoms with Crippen molar-refractivity contribution in [2.24, 2.45) is 0 Å². The van der Waals surface area contributed by atoms with Gasteiger partial charge in [0, 0.05) is 37.4 Å². The van der Waals surface area contributed by atoms with Gasteiger partial charge in [-0.3, -0.25) is 14.4 Å². The van der Waals surface area contributed by atoms with Crippen LogP contribution in [0.15, 0.2) is 91.1 Å². The number of nitrogens with zero attached hydrogens (tertiary/aromatic N) is 3. The smallest absolute Gasteiger partial charge is 0.255 e. The van der Waals surface area contributed by atoms with Crippen molar-refractivity contribution in [2.45, 2.75) is 25.6 Å². The molecular weight excluding hydrogens is 436 g/mol. The Kier molecular flexibility index (Phi) is 6.91. The van der Waals surface area contributed by atoms with Gasteiger partial charge < -0.3 is 10.1 Å². The van der Waals surface area contributed by atoms with Crippen LogP contribution in [0.5, 0.6) is 5.75 Å². The Hall–Kier alpha value is -3.90. The Balaban J connectivity index is 1.36. The molecule has 1 saturated heterocycles. The van der Waals surface area contributed by atoms with Crippen molar-refractivity contribution < 1.29 is 9.53 Å². The number of nitrogens with one attached hydrogen (secondary N) is 1. The summed E-state index contributed by atoms with van der Waals surface area (Å²) in [5, 5.41) is 8.08. The predicted octanol–water partition coefficient (Wildman–Crippen LogP) is 4.61. The summed E-state index contributed by atoms with van der Waals surface area (Å²) in [7, 11) is 1.64. The highest BCUT2D eigenvalue weighted by molar-refractivity contribution is 6.00. The van der Waals surface area contributed by atoms with E-state index < -0.39 is 0 Å². The van der Waals surface area contributed by atoms with Crippen LogP contribution in [0, 0.1) is 0 Å². The molecule has 0 radical (unpaired) electrons. The Labute approximate surface area is 206 Å². The number of amides is 1. The number of likely N-dealkylation sites (tertiary alicyclic amines) is 1. The molecule has 6 heteroatoms. The molecule has 1 aliphatic rings. The van der Waals surface area contributed by atoms with Crippen LogP contribution in [0.2, 0.25) is 0 Å². The van der Waals surface area contributed by atoms with E-state index in [9.17, 15) is 4.79 Å². The van der Waals surface area contributed by atoms with Gasteiger partial charge >= 0.3 is 0 Å². The van der Waals surface area contributed by atoms with Gasteiger partial charge in [-0.15, -0.1) is 0 Å². The molecular formula is C29H30N4O2. The van der Waals surface area contributed by atoms with E-state index in [2.05, 4.69) is 46.6 Å². The van der Waals surface area contributed by atoms with E-state index in [-0.39, 0.29) is 11.9 Å². The number of hydrogen-bond donors (Lipinski definition) is 1. The lowest BCUT2D eigenvalue weighted by Gasteiger charge is -2.17. The van der Waals surface area contributed by atoms with Gasteiger partial charge in [0.15, 0.2) is 0 Å². The van der Waals surface area contributed by atoms with Crippen molar-refractivity contribution in [2.75, 3.05) is 20.2 Å². The maximum absolute atomic E-state index is 13.5. The van der Waals surface area contributed by atoms with Gasteiger partial charge in [0.2, 0.25) is 0 Å². The second-order valence-electron chi connectivity index (χ2n) is 8.95. The molecule has 5 rings (SSSR count). The predicted molar refractivity (Wildman–Crippen MR) is 137 cm³/mol. The number of hydrogen-bond acceptors (Lipinski definition) is 4. The molecule has 1 atom stereocenters. The first-order valence-electron chi connectivity index (χ1n) is 12.0. The third-order valence-corrected chi connectivity index (χ3v) is 6.41. The van der Waals surface area contributed by atoms with Crippen molar-refractivity contribution in [1.82, 2.24) is 20.0 Å². The van der Waals surface area contributed by atoms with Crippen LogP contribution in [-0.2, 0) is 13.1 Å². The molecule has 4 aromatic rings. The Bertz CT molecular complexity index is 1270. The van der Waals surface area contributed by atoms with Gasteiger partial charge in [-0.05, 0) is 29.7 Å².